The molecule has 1 unspecified atom stereocenters. The van der Waals surface area contributed by atoms with Crippen molar-refractivity contribution in [2.45, 2.75) is 12.5 Å². The average Bonchev–Trinajstić information content (AvgIpc) is 2.55. The summed E-state index contributed by atoms with van der Waals surface area (Å²) in [6, 6.07) is 6.30. The van der Waals surface area contributed by atoms with Crippen molar-refractivity contribution in [1.82, 2.24) is 9.97 Å². The maximum atomic E-state index is 12.0. The van der Waals surface area contributed by atoms with E-state index in [2.05, 4.69) is 9.97 Å². The Balaban J connectivity index is 2.00. The molecule has 0 fully saturated rings. The van der Waals surface area contributed by atoms with Gasteiger partial charge in [0, 0.05) is 12.4 Å². The summed E-state index contributed by atoms with van der Waals surface area (Å²) >= 11 is 5.67. The van der Waals surface area contributed by atoms with Crippen molar-refractivity contribution < 1.29 is 19.1 Å². The smallest absolute Gasteiger partial charge is 0.340 e. The van der Waals surface area contributed by atoms with Gasteiger partial charge in [-0.05, 0) is 31.2 Å². The number of esters is 1. The molecule has 0 N–H and O–H groups in total. The summed E-state index contributed by atoms with van der Waals surface area (Å²) in [4.78, 5) is 30.9. The Morgan fingerprint density at radius 2 is 2.18 bits per heavy atom. The summed E-state index contributed by atoms with van der Waals surface area (Å²) in [7, 11) is 0. The number of hydrogen-bond acceptors (Lipinski definition) is 6. The van der Waals surface area contributed by atoms with Gasteiger partial charge in [-0.1, -0.05) is 11.6 Å². The van der Waals surface area contributed by atoms with Gasteiger partial charge in [-0.3, -0.25) is 9.78 Å². The largest absolute Gasteiger partial charge is 0.487 e. The molecule has 2 heterocycles. The molecule has 2 rings (SSSR count). The molecule has 0 aliphatic rings. The average molecular weight is 321 g/mol. The van der Waals surface area contributed by atoms with Gasteiger partial charge in [0.25, 0.3) is 0 Å². The predicted octanol–water partition coefficient (Wildman–Crippen LogP) is 2.32. The van der Waals surface area contributed by atoms with E-state index >= 15 is 0 Å². The topological polar surface area (TPSA) is 78.4 Å². The first kappa shape index (κ1) is 15.9. The third kappa shape index (κ3) is 4.26. The predicted molar refractivity (Wildman–Crippen MR) is 78.9 cm³/mol. The highest BCUT2D eigenvalue weighted by Gasteiger charge is 2.30. The maximum absolute atomic E-state index is 12.0. The first-order valence-corrected chi connectivity index (χ1v) is 6.74. The molecule has 6 nitrogen and oxygen atoms in total. The van der Waals surface area contributed by atoms with Crippen LogP contribution in [0.15, 0.2) is 42.9 Å². The third-order valence-electron chi connectivity index (χ3n) is 2.70. The number of ether oxygens (including phenoxy) is 2. The lowest BCUT2D eigenvalue weighted by molar-refractivity contribution is -0.126. The minimum Gasteiger partial charge on any atom is -0.487 e. The molecule has 0 amide bonds. The highest BCUT2D eigenvalue weighted by atomic mass is 35.5. The quantitative estimate of drug-likeness (QED) is 0.462. The van der Waals surface area contributed by atoms with Crippen LogP contribution in [0.2, 0.25) is 5.15 Å². The van der Waals surface area contributed by atoms with E-state index in [9.17, 15) is 9.59 Å². The molecule has 0 aromatic carbocycles. The monoisotopic (exact) mass is 320 g/mol. The SMILES string of the molecule is CC(C=O)(COc1ccc(Cl)nc1)OC(=O)c1cccnc1. The van der Waals surface area contributed by atoms with Crippen LogP contribution in [0.3, 0.4) is 0 Å². The van der Waals surface area contributed by atoms with Gasteiger partial charge in [0.1, 0.15) is 17.5 Å². The fourth-order valence-corrected chi connectivity index (χ4v) is 1.63. The summed E-state index contributed by atoms with van der Waals surface area (Å²) in [6.07, 6.45) is 4.82. The van der Waals surface area contributed by atoms with Crippen LogP contribution < -0.4 is 4.74 Å². The van der Waals surface area contributed by atoms with E-state index in [-0.39, 0.29) is 12.2 Å². The van der Waals surface area contributed by atoms with Crippen molar-refractivity contribution >= 4 is 23.9 Å². The van der Waals surface area contributed by atoms with Gasteiger partial charge in [-0.2, -0.15) is 0 Å². The van der Waals surface area contributed by atoms with Gasteiger partial charge in [-0.25, -0.2) is 9.78 Å². The fourth-order valence-electron chi connectivity index (χ4n) is 1.52. The molecule has 2 aromatic rings. The standard InChI is InChI=1S/C15H13ClN2O4/c1-15(9-19,10-21-12-4-5-13(16)18-8-12)22-14(20)11-3-2-6-17-7-11/h2-9H,10H2,1H3. The van der Waals surface area contributed by atoms with E-state index in [0.717, 1.165) is 0 Å². The van der Waals surface area contributed by atoms with Crippen LogP contribution in [0.1, 0.15) is 17.3 Å². The molecule has 0 aliphatic heterocycles. The van der Waals surface area contributed by atoms with Crippen LogP contribution in [0, 0.1) is 0 Å². The molecule has 2 aromatic heterocycles. The van der Waals surface area contributed by atoms with E-state index in [0.29, 0.717) is 17.2 Å². The lowest BCUT2D eigenvalue weighted by Crippen LogP contribution is -2.39. The van der Waals surface area contributed by atoms with Crippen molar-refractivity contribution in [3.05, 3.63) is 53.6 Å². The summed E-state index contributed by atoms with van der Waals surface area (Å²) < 4.78 is 10.6. The van der Waals surface area contributed by atoms with E-state index in [1.54, 1.807) is 24.3 Å². The lowest BCUT2D eigenvalue weighted by atomic mass is 10.1. The summed E-state index contributed by atoms with van der Waals surface area (Å²) in [5, 5.41) is 0.327. The zero-order chi connectivity index (χ0) is 16.0. The number of pyridine rings is 2. The first-order valence-electron chi connectivity index (χ1n) is 6.36. The van der Waals surface area contributed by atoms with Crippen LogP contribution in [-0.2, 0) is 9.53 Å². The van der Waals surface area contributed by atoms with Crippen molar-refractivity contribution in [3.8, 4) is 5.75 Å². The van der Waals surface area contributed by atoms with Crippen LogP contribution in [0.4, 0.5) is 0 Å². The maximum Gasteiger partial charge on any atom is 0.340 e. The molecule has 1 atom stereocenters. The van der Waals surface area contributed by atoms with Gasteiger partial charge in [-0.15, -0.1) is 0 Å². The Bertz CT molecular complexity index is 648. The summed E-state index contributed by atoms with van der Waals surface area (Å²) in [6.45, 7) is 1.31. The number of nitrogens with zero attached hydrogens (tertiary/aromatic N) is 2. The van der Waals surface area contributed by atoms with Crippen LogP contribution >= 0.6 is 11.6 Å². The number of aromatic nitrogens is 2. The van der Waals surface area contributed by atoms with Gasteiger partial charge in [0.05, 0.1) is 11.8 Å². The minimum absolute atomic E-state index is 0.147. The van der Waals surface area contributed by atoms with Crippen LogP contribution in [-0.4, -0.2) is 34.4 Å². The second kappa shape index (κ2) is 7.00. The molecule has 0 bridgehead atoms. The van der Waals surface area contributed by atoms with Gasteiger partial charge in [0.15, 0.2) is 11.9 Å². The Morgan fingerprint density at radius 3 is 2.77 bits per heavy atom. The van der Waals surface area contributed by atoms with Crippen molar-refractivity contribution in [1.29, 1.82) is 0 Å². The van der Waals surface area contributed by atoms with E-state index in [1.165, 1.54) is 25.5 Å². The molecular weight excluding hydrogens is 308 g/mol. The molecule has 114 valence electrons. The van der Waals surface area contributed by atoms with Crippen molar-refractivity contribution in [3.63, 3.8) is 0 Å². The second-order valence-electron chi connectivity index (χ2n) is 4.67. The van der Waals surface area contributed by atoms with Gasteiger partial charge in [0.2, 0.25) is 0 Å². The Kier molecular flexibility index (Phi) is 5.06. The molecule has 22 heavy (non-hydrogen) atoms. The molecule has 0 saturated carbocycles. The number of carbonyl (C=O) groups is 2. The Labute approximate surface area is 132 Å². The molecule has 0 spiro atoms. The van der Waals surface area contributed by atoms with E-state index < -0.39 is 11.6 Å². The van der Waals surface area contributed by atoms with Crippen molar-refractivity contribution in [2.24, 2.45) is 0 Å². The fraction of sp³-hybridized carbons (Fsp3) is 0.200. The molecule has 0 saturated heterocycles. The minimum atomic E-state index is -1.42. The zero-order valence-electron chi connectivity index (χ0n) is 11.7. The Hall–Kier alpha value is -2.47. The van der Waals surface area contributed by atoms with E-state index in [1.807, 2.05) is 0 Å². The highest BCUT2D eigenvalue weighted by Crippen LogP contribution is 2.16. The number of rotatable bonds is 6. The van der Waals surface area contributed by atoms with Crippen LogP contribution in [0.25, 0.3) is 0 Å². The highest BCUT2D eigenvalue weighted by molar-refractivity contribution is 6.29. The molecule has 0 radical (unpaired) electrons. The van der Waals surface area contributed by atoms with Gasteiger partial charge < -0.3 is 9.47 Å². The molecule has 7 heteroatoms. The van der Waals surface area contributed by atoms with E-state index in [4.69, 9.17) is 21.1 Å². The van der Waals surface area contributed by atoms with Crippen molar-refractivity contribution in [2.75, 3.05) is 6.61 Å². The van der Waals surface area contributed by atoms with Gasteiger partial charge >= 0.3 is 5.97 Å². The zero-order valence-corrected chi connectivity index (χ0v) is 12.5. The summed E-state index contributed by atoms with van der Waals surface area (Å²) in [5.41, 5.74) is -1.17. The normalized spacial score (nSPS) is 13.0. The number of hydrogen-bond donors (Lipinski definition) is 0. The molecular formula is C15H13ClN2O4. The first-order chi connectivity index (χ1) is 10.5. The number of carbonyl (C=O) groups excluding carboxylic acids is 2. The molecule has 0 aliphatic carbocycles. The second-order valence-corrected chi connectivity index (χ2v) is 5.05. The third-order valence-corrected chi connectivity index (χ3v) is 2.92. The number of aldehydes is 1. The van der Waals surface area contributed by atoms with Crippen LogP contribution in [0.5, 0.6) is 5.75 Å². The number of halogens is 1. The Morgan fingerprint density at radius 1 is 1.36 bits per heavy atom. The summed E-state index contributed by atoms with van der Waals surface area (Å²) in [5.74, 6) is -0.240. The lowest BCUT2D eigenvalue weighted by Gasteiger charge is -2.23.